The molecule has 2 rings (SSSR count). The van der Waals surface area contributed by atoms with E-state index in [9.17, 15) is 18.4 Å². The van der Waals surface area contributed by atoms with Gasteiger partial charge in [-0.2, -0.15) is 0 Å². The number of carbonyl (C=O) groups is 2. The predicted octanol–water partition coefficient (Wildman–Crippen LogP) is 1.17. The van der Waals surface area contributed by atoms with E-state index in [0.717, 1.165) is 6.07 Å². The summed E-state index contributed by atoms with van der Waals surface area (Å²) in [6.07, 6.45) is 0.0793. The second-order valence-corrected chi connectivity index (χ2v) is 3.73. The Bertz CT molecular complexity index is 459. The molecule has 16 heavy (non-hydrogen) atoms. The molecule has 1 aromatic carbocycles. The van der Waals surface area contributed by atoms with Crippen LogP contribution in [0.15, 0.2) is 18.2 Å². The third-order valence-electron chi connectivity index (χ3n) is 2.56. The van der Waals surface area contributed by atoms with Gasteiger partial charge in [0.25, 0.3) is 0 Å². The minimum absolute atomic E-state index is 0.0365. The third kappa shape index (κ3) is 1.93. The Kier molecular flexibility index (Phi) is 2.68. The van der Waals surface area contributed by atoms with Crippen molar-refractivity contribution in [2.75, 3.05) is 0 Å². The maximum atomic E-state index is 13.3. The van der Waals surface area contributed by atoms with Crippen LogP contribution < -0.4 is 5.32 Å². The minimum Gasteiger partial charge on any atom is -0.296 e. The molecule has 1 aromatic rings. The quantitative estimate of drug-likeness (QED) is 0.768. The van der Waals surface area contributed by atoms with E-state index in [1.54, 1.807) is 0 Å². The smallest absolute Gasteiger partial charge is 0.230 e. The van der Waals surface area contributed by atoms with Crippen LogP contribution in [-0.2, 0) is 16.0 Å². The fourth-order valence-electron chi connectivity index (χ4n) is 1.74. The van der Waals surface area contributed by atoms with Gasteiger partial charge < -0.3 is 0 Å². The first kappa shape index (κ1) is 10.7. The fourth-order valence-corrected chi connectivity index (χ4v) is 1.74. The van der Waals surface area contributed by atoms with Gasteiger partial charge in [0.2, 0.25) is 11.8 Å². The van der Waals surface area contributed by atoms with Crippen molar-refractivity contribution in [3.63, 3.8) is 0 Å². The van der Waals surface area contributed by atoms with E-state index in [2.05, 4.69) is 5.32 Å². The minimum atomic E-state index is -0.949. The van der Waals surface area contributed by atoms with Gasteiger partial charge in [-0.15, -0.1) is 0 Å². The Morgan fingerprint density at radius 3 is 2.69 bits per heavy atom. The largest absolute Gasteiger partial charge is 0.296 e. The highest BCUT2D eigenvalue weighted by Crippen LogP contribution is 2.20. The van der Waals surface area contributed by atoms with Crippen molar-refractivity contribution < 1.29 is 18.4 Å². The van der Waals surface area contributed by atoms with E-state index in [1.165, 1.54) is 12.1 Å². The van der Waals surface area contributed by atoms with Gasteiger partial charge in [0.05, 0.1) is 5.92 Å². The normalized spacial score (nSPS) is 20.0. The molecular formula is C11H9F2NO2. The molecule has 0 bridgehead atoms. The van der Waals surface area contributed by atoms with E-state index < -0.39 is 23.5 Å². The van der Waals surface area contributed by atoms with Crippen LogP contribution in [0.1, 0.15) is 12.0 Å². The van der Waals surface area contributed by atoms with Crippen molar-refractivity contribution in [2.24, 2.45) is 5.92 Å². The highest BCUT2D eigenvalue weighted by Gasteiger charge is 2.31. The highest BCUT2D eigenvalue weighted by molar-refractivity contribution is 6.03. The molecular weight excluding hydrogens is 216 g/mol. The molecule has 1 aliphatic heterocycles. The number of imide groups is 1. The SMILES string of the molecule is O=C1CC(Cc2cccc(F)c2F)C(=O)N1. The van der Waals surface area contributed by atoms with E-state index in [1.807, 2.05) is 0 Å². The fraction of sp³-hybridized carbons (Fsp3) is 0.273. The van der Waals surface area contributed by atoms with Gasteiger partial charge >= 0.3 is 0 Å². The van der Waals surface area contributed by atoms with Crippen molar-refractivity contribution in [1.82, 2.24) is 5.32 Å². The van der Waals surface area contributed by atoms with Crippen LogP contribution in [0.2, 0.25) is 0 Å². The lowest BCUT2D eigenvalue weighted by Gasteiger charge is -2.07. The molecule has 84 valence electrons. The first-order chi connectivity index (χ1) is 7.58. The van der Waals surface area contributed by atoms with Crippen LogP contribution in [0.4, 0.5) is 8.78 Å². The molecule has 2 amide bonds. The van der Waals surface area contributed by atoms with Crippen LogP contribution in [-0.4, -0.2) is 11.8 Å². The molecule has 1 atom stereocenters. The number of benzene rings is 1. The number of amides is 2. The third-order valence-corrected chi connectivity index (χ3v) is 2.56. The molecule has 0 radical (unpaired) electrons. The molecule has 3 nitrogen and oxygen atoms in total. The topological polar surface area (TPSA) is 46.2 Å². The molecule has 1 aliphatic rings. The van der Waals surface area contributed by atoms with Crippen LogP contribution in [0.3, 0.4) is 0 Å². The van der Waals surface area contributed by atoms with Crippen LogP contribution in [0.25, 0.3) is 0 Å². The molecule has 0 saturated carbocycles. The van der Waals surface area contributed by atoms with Gasteiger partial charge in [0.15, 0.2) is 11.6 Å². The summed E-state index contributed by atoms with van der Waals surface area (Å²) >= 11 is 0. The summed E-state index contributed by atoms with van der Waals surface area (Å²) in [7, 11) is 0. The lowest BCUT2D eigenvalue weighted by molar-refractivity contribution is -0.125. The van der Waals surface area contributed by atoms with Gasteiger partial charge in [-0.25, -0.2) is 8.78 Å². The summed E-state index contributed by atoms with van der Waals surface area (Å²) < 4.78 is 26.2. The van der Waals surface area contributed by atoms with Crippen molar-refractivity contribution in [3.05, 3.63) is 35.4 Å². The zero-order valence-electron chi connectivity index (χ0n) is 8.30. The monoisotopic (exact) mass is 225 g/mol. The van der Waals surface area contributed by atoms with Crippen molar-refractivity contribution in [1.29, 1.82) is 0 Å². The number of nitrogens with one attached hydrogen (secondary N) is 1. The molecule has 1 unspecified atom stereocenters. The van der Waals surface area contributed by atoms with Crippen molar-refractivity contribution in [2.45, 2.75) is 12.8 Å². The van der Waals surface area contributed by atoms with E-state index in [-0.39, 0.29) is 24.3 Å². The second kappa shape index (κ2) is 4.00. The maximum Gasteiger partial charge on any atom is 0.230 e. The Balaban J connectivity index is 2.18. The number of rotatable bonds is 2. The van der Waals surface area contributed by atoms with Crippen molar-refractivity contribution in [3.8, 4) is 0 Å². The van der Waals surface area contributed by atoms with Gasteiger partial charge in [-0.3, -0.25) is 14.9 Å². The number of hydrogen-bond acceptors (Lipinski definition) is 2. The summed E-state index contributed by atoms with van der Waals surface area (Å²) in [5.74, 6) is -3.28. The van der Waals surface area contributed by atoms with E-state index in [0.29, 0.717) is 0 Å². The molecule has 1 N–H and O–H groups in total. The molecule has 1 heterocycles. The van der Waals surface area contributed by atoms with Gasteiger partial charge in [-0.1, -0.05) is 12.1 Å². The summed E-state index contributed by atoms with van der Waals surface area (Å²) in [5, 5.41) is 2.13. The van der Waals surface area contributed by atoms with E-state index >= 15 is 0 Å². The Labute approximate surface area is 90.5 Å². The summed E-state index contributed by atoms with van der Waals surface area (Å²) in [5.41, 5.74) is 0.120. The maximum absolute atomic E-state index is 13.3. The Hall–Kier alpha value is -1.78. The van der Waals surface area contributed by atoms with E-state index in [4.69, 9.17) is 0 Å². The van der Waals surface area contributed by atoms with Gasteiger partial charge in [-0.05, 0) is 18.1 Å². The first-order valence-corrected chi connectivity index (χ1v) is 4.84. The Morgan fingerprint density at radius 2 is 2.06 bits per heavy atom. The number of carbonyl (C=O) groups excluding carboxylic acids is 2. The predicted molar refractivity (Wildman–Crippen MR) is 51.3 cm³/mol. The Morgan fingerprint density at radius 1 is 1.31 bits per heavy atom. The molecule has 0 spiro atoms. The summed E-state index contributed by atoms with van der Waals surface area (Å²) in [6, 6.07) is 3.80. The number of halogens is 2. The molecule has 5 heteroatoms. The zero-order valence-corrected chi connectivity index (χ0v) is 8.30. The average Bonchev–Trinajstić information content (AvgIpc) is 2.53. The first-order valence-electron chi connectivity index (χ1n) is 4.84. The van der Waals surface area contributed by atoms with Crippen LogP contribution >= 0.6 is 0 Å². The molecule has 0 aliphatic carbocycles. The van der Waals surface area contributed by atoms with Crippen molar-refractivity contribution >= 4 is 11.8 Å². The van der Waals surface area contributed by atoms with Gasteiger partial charge in [0.1, 0.15) is 0 Å². The lowest BCUT2D eigenvalue weighted by Crippen LogP contribution is -2.23. The van der Waals surface area contributed by atoms with Gasteiger partial charge in [0, 0.05) is 6.42 Å². The van der Waals surface area contributed by atoms with Crippen LogP contribution in [0, 0.1) is 17.6 Å². The van der Waals surface area contributed by atoms with Crippen LogP contribution in [0.5, 0.6) is 0 Å². The molecule has 0 aromatic heterocycles. The summed E-state index contributed by atoms with van der Waals surface area (Å²) in [4.78, 5) is 22.1. The number of hydrogen-bond donors (Lipinski definition) is 1. The lowest BCUT2D eigenvalue weighted by atomic mass is 9.97. The summed E-state index contributed by atoms with van der Waals surface area (Å²) in [6.45, 7) is 0. The zero-order chi connectivity index (χ0) is 11.7. The average molecular weight is 225 g/mol. The molecule has 1 saturated heterocycles. The second-order valence-electron chi connectivity index (χ2n) is 3.73. The molecule has 1 fully saturated rings. The highest BCUT2D eigenvalue weighted by atomic mass is 19.2. The standard InChI is InChI=1S/C11H9F2NO2/c12-8-3-1-2-6(10(8)13)4-7-5-9(15)14-11(7)16/h1-3,7H,4-5H2,(H,14,15,16).